The summed E-state index contributed by atoms with van der Waals surface area (Å²) < 4.78 is 12.4. The molecule has 0 saturated carbocycles. The first-order chi connectivity index (χ1) is 6.18. The smallest absolute Gasteiger partial charge is 0.108 e. The van der Waals surface area contributed by atoms with E-state index in [0.29, 0.717) is 18.4 Å². The van der Waals surface area contributed by atoms with Gasteiger partial charge in [0, 0.05) is 18.6 Å². The SMILES string of the molecule is C/C(F)=C(\C)C#CC#CCCCO. The van der Waals surface area contributed by atoms with Gasteiger partial charge in [-0.2, -0.15) is 0 Å². The van der Waals surface area contributed by atoms with Gasteiger partial charge in [0.15, 0.2) is 0 Å². The van der Waals surface area contributed by atoms with Crippen molar-refractivity contribution in [1.29, 1.82) is 0 Å². The van der Waals surface area contributed by atoms with Crippen LogP contribution in [-0.4, -0.2) is 11.7 Å². The second-order valence-corrected chi connectivity index (χ2v) is 2.54. The van der Waals surface area contributed by atoms with Gasteiger partial charge in [0.25, 0.3) is 0 Å². The lowest BCUT2D eigenvalue weighted by Gasteiger charge is -1.84. The molecule has 0 spiro atoms. The Morgan fingerprint density at radius 3 is 2.54 bits per heavy atom. The molecule has 0 amide bonds. The van der Waals surface area contributed by atoms with E-state index in [1.807, 2.05) is 0 Å². The summed E-state index contributed by atoms with van der Waals surface area (Å²) in [4.78, 5) is 0. The van der Waals surface area contributed by atoms with Crippen LogP contribution in [-0.2, 0) is 0 Å². The van der Waals surface area contributed by atoms with E-state index in [1.165, 1.54) is 6.92 Å². The molecule has 0 unspecified atom stereocenters. The summed E-state index contributed by atoms with van der Waals surface area (Å²) in [5.74, 6) is 10.2. The number of allylic oxidation sites excluding steroid dienone is 2. The van der Waals surface area contributed by atoms with Crippen LogP contribution in [0.2, 0.25) is 0 Å². The van der Waals surface area contributed by atoms with Crippen molar-refractivity contribution in [1.82, 2.24) is 0 Å². The van der Waals surface area contributed by atoms with E-state index in [2.05, 4.69) is 23.7 Å². The van der Waals surface area contributed by atoms with E-state index >= 15 is 0 Å². The molecule has 0 fully saturated rings. The van der Waals surface area contributed by atoms with Crippen LogP contribution < -0.4 is 0 Å². The van der Waals surface area contributed by atoms with Crippen molar-refractivity contribution in [2.75, 3.05) is 6.61 Å². The van der Waals surface area contributed by atoms with Crippen LogP contribution >= 0.6 is 0 Å². The number of hydrogen-bond donors (Lipinski definition) is 1. The number of rotatable bonds is 2. The summed E-state index contributed by atoms with van der Waals surface area (Å²) in [6.07, 6.45) is 1.29. The third kappa shape index (κ3) is 7.12. The molecule has 0 aromatic carbocycles. The molecule has 1 N–H and O–H groups in total. The second kappa shape index (κ2) is 7.40. The van der Waals surface area contributed by atoms with E-state index in [9.17, 15) is 4.39 Å². The van der Waals surface area contributed by atoms with Gasteiger partial charge < -0.3 is 5.11 Å². The normalized spacial score (nSPS) is 10.5. The third-order valence-electron chi connectivity index (χ3n) is 1.38. The Morgan fingerprint density at radius 1 is 1.31 bits per heavy atom. The highest BCUT2D eigenvalue weighted by Gasteiger charge is 1.86. The molecule has 0 atom stereocenters. The van der Waals surface area contributed by atoms with Crippen LogP contribution in [0.5, 0.6) is 0 Å². The van der Waals surface area contributed by atoms with Crippen molar-refractivity contribution in [2.24, 2.45) is 0 Å². The standard InChI is InChI=1S/C11H13FO/c1-10(11(2)12)8-6-4-3-5-7-9-13/h13H,5,7,9H2,1-2H3/b11-10-. The van der Waals surface area contributed by atoms with E-state index in [1.54, 1.807) is 6.92 Å². The lowest BCUT2D eigenvalue weighted by Crippen LogP contribution is -1.78. The van der Waals surface area contributed by atoms with Gasteiger partial charge in [-0.3, -0.25) is 0 Å². The van der Waals surface area contributed by atoms with Crippen molar-refractivity contribution >= 4 is 0 Å². The summed E-state index contributed by atoms with van der Waals surface area (Å²) in [6, 6.07) is 0. The molecule has 0 aliphatic carbocycles. The van der Waals surface area contributed by atoms with E-state index in [4.69, 9.17) is 5.11 Å². The average molecular weight is 180 g/mol. The molecule has 0 aliphatic heterocycles. The number of aliphatic hydroxyl groups excluding tert-OH is 1. The summed E-state index contributed by atoms with van der Waals surface area (Å²) in [5.41, 5.74) is 0.413. The monoisotopic (exact) mass is 180 g/mol. The summed E-state index contributed by atoms with van der Waals surface area (Å²) >= 11 is 0. The molecular weight excluding hydrogens is 167 g/mol. The molecule has 0 rings (SSSR count). The molecule has 0 aromatic heterocycles. The van der Waals surface area contributed by atoms with E-state index in [0.717, 1.165) is 0 Å². The Labute approximate surface area is 78.7 Å². The molecule has 1 nitrogen and oxygen atoms in total. The molecule has 0 aliphatic rings. The van der Waals surface area contributed by atoms with Crippen molar-refractivity contribution < 1.29 is 9.50 Å². The third-order valence-corrected chi connectivity index (χ3v) is 1.38. The molecule has 2 heteroatoms. The number of halogens is 1. The first-order valence-electron chi connectivity index (χ1n) is 4.11. The average Bonchev–Trinajstić information content (AvgIpc) is 2.10. The summed E-state index contributed by atoms with van der Waals surface area (Å²) in [6.45, 7) is 3.12. The molecule has 0 radical (unpaired) electrons. The zero-order valence-corrected chi connectivity index (χ0v) is 7.95. The lowest BCUT2D eigenvalue weighted by atomic mass is 10.3. The van der Waals surface area contributed by atoms with Gasteiger partial charge in [0.1, 0.15) is 5.83 Å². The topological polar surface area (TPSA) is 20.2 Å². The largest absolute Gasteiger partial charge is 0.396 e. The number of aliphatic hydroxyl groups is 1. The number of unbranched alkanes of at least 4 members (excludes halogenated alkanes) is 1. The minimum absolute atomic E-state index is 0.143. The Kier molecular flexibility index (Phi) is 6.69. The van der Waals surface area contributed by atoms with Crippen LogP contribution in [0.4, 0.5) is 4.39 Å². The lowest BCUT2D eigenvalue weighted by molar-refractivity contribution is 0.290. The van der Waals surface area contributed by atoms with Crippen LogP contribution in [0.3, 0.4) is 0 Å². The van der Waals surface area contributed by atoms with Crippen LogP contribution in [0.1, 0.15) is 26.7 Å². The fourth-order valence-electron chi connectivity index (χ4n) is 0.485. The minimum atomic E-state index is -0.273. The molecule has 0 heterocycles. The van der Waals surface area contributed by atoms with Crippen molar-refractivity contribution in [2.45, 2.75) is 26.7 Å². The molecule has 0 aromatic rings. The Balaban J connectivity index is 3.97. The summed E-state index contributed by atoms with van der Waals surface area (Å²) in [7, 11) is 0. The Bertz CT molecular complexity index is 290. The van der Waals surface area contributed by atoms with E-state index in [-0.39, 0.29) is 12.4 Å². The van der Waals surface area contributed by atoms with Gasteiger partial charge in [-0.15, -0.1) is 0 Å². The molecule has 13 heavy (non-hydrogen) atoms. The van der Waals surface area contributed by atoms with Crippen LogP contribution in [0, 0.1) is 23.7 Å². The Hall–Kier alpha value is -1.25. The van der Waals surface area contributed by atoms with Crippen LogP contribution in [0.25, 0.3) is 0 Å². The van der Waals surface area contributed by atoms with Gasteiger partial charge in [-0.25, -0.2) is 4.39 Å². The maximum atomic E-state index is 12.4. The highest BCUT2D eigenvalue weighted by Crippen LogP contribution is 2.01. The van der Waals surface area contributed by atoms with Gasteiger partial charge in [0.2, 0.25) is 0 Å². The predicted octanol–water partition coefficient (Wildman–Crippen LogP) is 2.03. The van der Waals surface area contributed by atoms with Crippen molar-refractivity contribution in [3.8, 4) is 23.7 Å². The minimum Gasteiger partial charge on any atom is -0.396 e. The van der Waals surface area contributed by atoms with Crippen molar-refractivity contribution in [3.63, 3.8) is 0 Å². The highest BCUT2D eigenvalue weighted by atomic mass is 19.1. The highest BCUT2D eigenvalue weighted by molar-refractivity contribution is 5.36. The first-order valence-corrected chi connectivity index (χ1v) is 4.11. The number of hydrogen-bond acceptors (Lipinski definition) is 1. The van der Waals surface area contributed by atoms with Crippen molar-refractivity contribution in [3.05, 3.63) is 11.4 Å². The van der Waals surface area contributed by atoms with Gasteiger partial charge in [-0.05, 0) is 32.1 Å². The molecular formula is C11H13FO. The molecule has 0 bridgehead atoms. The molecule has 70 valence electrons. The maximum Gasteiger partial charge on any atom is 0.108 e. The maximum absolute atomic E-state index is 12.4. The van der Waals surface area contributed by atoms with E-state index < -0.39 is 0 Å². The van der Waals surface area contributed by atoms with Crippen LogP contribution in [0.15, 0.2) is 11.4 Å². The van der Waals surface area contributed by atoms with Gasteiger partial charge in [0.05, 0.1) is 0 Å². The van der Waals surface area contributed by atoms with Gasteiger partial charge >= 0.3 is 0 Å². The Morgan fingerprint density at radius 2 is 2.00 bits per heavy atom. The fourth-order valence-corrected chi connectivity index (χ4v) is 0.485. The first kappa shape index (κ1) is 11.8. The predicted molar refractivity (Wildman–Crippen MR) is 51.4 cm³/mol. The zero-order chi connectivity index (χ0) is 10.1. The second-order valence-electron chi connectivity index (χ2n) is 2.54. The molecule has 0 saturated heterocycles. The summed E-state index contributed by atoms with van der Waals surface area (Å²) in [5, 5.41) is 8.42. The fraction of sp³-hybridized carbons (Fsp3) is 0.455. The van der Waals surface area contributed by atoms with Gasteiger partial charge in [-0.1, -0.05) is 11.8 Å². The quantitative estimate of drug-likeness (QED) is 0.509. The zero-order valence-electron chi connectivity index (χ0n) is 7.95.